The molecule has 5 nitrogen and oxygen atoms in total. The summed E-state index contributed by atoms with van der Waals surface area (Å²) in [4.78, 5) is 13.1. The molecule has 0 aliphatic heterocycles. The first-order valence-electron chi connectivity index (χ1n) is 7.61. The lowest BCUT2D eigenvalue weighted by molar-refractivity contribution is 0.216. The van der Waals surface area contributed by atoms with Gasteiger partial charge in [0, 0.05) is 44.6 Å². The number of hydrogen-bond donors (Lipinski definition) is 2. The maximum absolute atomic E-state index is 11.6. The Bertz CT molecular complexity index is 531. The highest BCUT2D eigenvalue weighted by atomic mass is 16.2. The van der Waals surface area contributed by atoms with Crippen LogP contribution < -0.4 is 11.1 Å². The van der Waals surface area contributed by atoms with Crippen LogP contribution in [0.2, 0.25) is 0 Å². The van der Waals surface area contributed by atoms with Gasteiger partial charge in [-0.15, -0.1) is 0 Å². The summed E-state index contributed by atoms with van der Waals surface area (Å²) in [6.45, 7) is 8.09. The summed E-state index contributed by atoms with van der Waals surface area (Å²) >= 11 is 0. The van der Waals surface area contributed by atoms with E-state index in [-0.39, 0.29) is 17.5 Å². The van der Waals surface area contributed by atoms with Crippen molar-refractivity contribution in [3.8, 4) is 0 Å². The van der Waals surface area contributed by atoms with Gasteiger partial charge in [0.2, 0.25) is 0 Å². The quantitative estimate of drug-likeness (QED) is 0.895. The van der Waals surface area contributed by atoms with E-state index in [1.54, 1.807) is 19.0 Å². The van der Waals surface area contributed by atoms with Crippen LogP contribution in [0.15, 0.2) is 6.07 Å². The number of nitrogens with one attached hydrogen (secondary N) is 1. The first-order chi connectivity index (χ1) is 9.71. The van der Waals surface area contributed by atoms with E-state index in [0.717, 1.165) is 19.4 Å². The van der Waals surface area contributed by atoms with E-state index in [4.69, 9.17) is 5.73 Å². The maximum atomic E-state index is 11.6. The Morgan fingerprint density at radius 2 is 2.19 bits per heavy atom. The molecule has 1 aliphatic rings. The minimum Gasteiger partial charge on any atom is -0.347 e. The van der Waals surface area contributed by atoms with Crippen LogP contribution in [0.25, 0.3) is 0 Å². The second-order valence-electron chi connectivity index (χ2n) is 7.12. The number of aryl methyl sites for hydroxylation is 1. The molecular formula is C16H28N4O. The number of carbonyl (C=O) groups excluding carboxylic acids is 1. The molecule has 0 saturated carbocycles. The summed E-state index contributed by atoms with van der Waals surface area (Å²) in [5.41, 5.74) is 10.4. The first-order valence-corrected chi connectivity index (χ1v) is 7.61. The van der Waals surface area contributed by atoms with Gasteiger partial charge in [0.25, 0.3) is 0 Å². The van der Waals surface area contributed by atoms with Gasteiger partial charge in [0.15, 0.2) is 0 Å². The van der Waals surface area contributed by atoms with Crippen molar-refractivity contribution >= 4 is 6.03 Å². The molecule has 2 amide bonds. The van der Waals surface area contributed by atoms with Crippen LogP contribution in [-0.4, -0.2) is 36.1 Å². The van der Waals surface area contributed by atoms with Crippen molar-refractivity contribution in [2.75, 3.05) is 20.6 Å². The molecule has 2 rings (SSSR count). The Morgan fingerprint density at radius 1 is 1.52 bits per heavy atom. The molecule has 0 fully saturated rings. The summed E-state index contributed by atoms with van der Waals surface area (Å²) in [6, 6.07) is 2.29. The minimum atomic E-state index is -0.0503. The molecule has 0 saturated heterocycles. The molecule has 1 aromatic heterocycles. The van der Waals surface area contributed by atoms with Gasteiger partial charge in [-0.2, -0.15) is 0 Å². The molecule has 5 heteroatoms. The minimum absolute atomic E-state index is 0.0503. The monoisotopic (exact) mass is 292 g/mol. The summed E-state index contributed by atoms with van der Waals surface area (Å²) in [5, 5.41) is 2.92. The van der Waals surface area contributed by atoms with Gasteiger partial charge >= 0.3 is 6.03 Å². The number of aromatic nitrogens is 1. The van der Waals surface area contributed by atoms with Gasteiger partial charge < -0.3 is 20.5 Å². The number of urea groups is 1. The lowest BCUT2D eigenvalue weighted by Crippen LogP contribution is -2.37. The summed E-state index contributed by atoms with van der Waals surface area (Å²) < 4.78 is 2.31. The Hall–Kier alpha value is -1.49. The molecular weight excluding hydrogens is 264 g/mol. The van der Waals surface area contributed by atoms with Crippen LogP contribution >= 0.6 is 0 Å². The lowest BCUT2D eigenvalue weighted by atomic mass is 9.74. The maximum Gasteiger partial charge on any atom is 0.316 e. The molecule has 1 aromatic rings. The third-order valence-corrected chi connectivity index (χ3v) is 4.28. The molecule has 0 bridgehead atoms. The molecule has 0 spiro atoms. The number of rotatable bonds is 3. The highest BCUT2D eigenvalue weighted by Gasteiger charge is 2.33. The van der Waals surface area contributed by atoms with Gasteiger partial charge in [-0.1, -0.05) is 13.8 Å². The predicted octanol–water partition coefficient (Wildman–Crippen LogP) is 2.04. The molecule has 118 valence electrons. The van der Waals surface area contributed by atoms with E-state index in [2.05, 4.69) is 36.7 Å². The first kappa shape index (κ1) is 15.9. The third-order valence-electron chi connectivity index (χ3n) is 4.28. The van der Waals surface area contributed by atoms with Gasteiger partial charge in [-0.05, 0) is 36.8 Å². The zero-order chi connectivity index (χ0) is 15.8. The SMILES string of the molecule is Cc1cc2c(n1CCNC(=O)N(C)C)CC(C)(C)CC2N. The topological polar surface area (TPSA) is 63.3 Å². The summed E-state index contributed by atoms with van der Waals surface area (Å²) in [6.07, 6.45) is 2.08. The fourth-order valence-electron chi connectivity index (χ4n) is 3.25. The molecule has 3 N–H and O–H groups in total. The van der Waals surface area contributed by atoms with E-state index in [9.17, 15) is 4.79 Å². The molecule has 1 unspecified atom stereocenters. The molecule has 0 aromatic carbocycles. The van der Waals surface area contributed by atoms with Crippen LogP contribution in [0.4, 0.5) is 4.79 Å². The van der Waals surface area contributed by atoms with E-state index in [1.807, 2.05) is 0 Å². The number of carbonyl (C=O) groups is 1. The number of nitrogens with two attached hydrogens (primary N) is 1. The van der Waals surface area contributed by atoms with Crippen molar-refractivity contribution in [3.05, 3.63) is 23.0 Å². The zero-order valence-electron chi connectivity index (χ0n) is 13.9. The van der Waals surface area contributed by atoms with Crippen molar-refractivity contribution in [2.24, 2.45) is 11.1 Å². The Kier molecular flexibility index (Phi) is 4.33. The van der Waals surface area contributed by atoms with Crippen LogP contribution in [0.5, 0.6) is 0 Å². The highest BCUT2D eigenvalue weighted by molar-refractivity contribution is 5.73. The van der Waals surface area contributed by atoms with Crippen molar-refractivity contribution in [1.29, 1.82) is 0 Å². The van der Waals surface area contributed by atoms with Crippen LogP contribution in [0, 0.1) is 12.3 Å². The van der Waals surface area contributed by atoms with Crippen molar-refractivity contribution < 1.29 is 4.79 Å². The molecule has 21 heavy (non-hydrogen) atoms. The molecule has 1 atom stereocenters. The normalized spacial score (nSPS) is 20.0. The number of fused-ring (bicyclic) bond motifs is 1. The fourth-order valence-corrected chi connectivity index (χ4v) is 3.25. The Morgan fingerprint density at radius 3 is 2.81 bits per heavy atom. The smallest absolute Gasteiger partial charge is 0.316 e. The Balaban J connectivity index is 2.13. The number of hydrogen-bond acceptors (Lipinski definition) is 2. The standard InChI is InChI=1S/C16H28N4O/c1-11-8-12-13(17)9-16(2,3)10-14(12)20(11)7-6-18-15(21)19(4)5/h8,13H,6-7,9-10,17H2,1-5H3,(H,18,21). The van der Waals surface area contributed by atoms with Crippen LogP contribution in [0.1, 0.15) is 43.3 Å². The van der Waals surface area contributed by atoms with Gasteiger partial charge in [0.05, 0.1) is 0 Å². The lowest BCUT2D eigenvalue weighted by Gasteiger charge is -2.34. The average molecular weight is 292 g/mol. The van der Waals surface area contributed by atoms with Crippen molar-refractivity contribution in [1.82, 2.24) is 14.8 Å². The molecule has 0 radical (unpaired) electrons. The molecule has 1 heterocycles. The van der Waals surface area contributed by atoms with Crippen molar-refractivity contribution in [3.63, 3.8) is 0 Å². The van der Waals surface area contributed by atoms with Gasteiger partial charge in [0.1, 0.15) is 0 Å². The number of nitrogens with zero attached hydrogens (tertiary/aromatic N) is 2. The van der Waals surface area contributed by atoms with Crippen molar-refractivity contribution in [2.45, 2.75) is 46.2 Å². The second kappa shape index (κ2) is 5.72. The largest absolute Gasteiger partial charge is 0.347 e. The van der Waals surface area contributed by atoms with Crippen LogP contribution in [-0.2, 0) is 13.0 Å². The predicted molar refractivity (Wildman–Crippen MR) is 85.3 cm³/mol. The Labute approximate surface area is 127 Å². The fraction of sp³-hybridized carbons (Fsp3) is 0.688. The number of amides is 2. The van der Waals surface area contributed by atoms with E-state index in [1.165, 1.54) is 17.0 Å². The van der Waals surface area contributed by atoms with E-state index in [0.29, 0.717) is 6.54 Å². The molecule has 1 aliphatic carbocycles. The van der Waals surface area contributed by atoms with Gasteiger partial charge in [-0.25, -0.2) is 4.79 Å². The van der Waals surface area contributed by atoms with E-state index >= 15 is 0 Å². The summed E-state index contributed by atoms with van der Waals surface area (Å²) in [7, 11) is 3.50. The second-order valence-corrected chi connectivity index (χ2v) is 7.12. The van der Waals surface area contributed by atoms with Crippen LogP contribution in [0.3, 0.4) is 0 Å². The third kappa shape index (κ3) is 3.40. The highest BCUT2D eigenvalue weighted by Crippen LogP contribution is 2.40. The zero-order valence-corrected chi connectivity index (χ0v) is 13.9. The average Bonchev–Trinajstić information content (AvgIpc) is 2.65. The van der Waals surface area contributed by atoms with Gasteiger partial charge in [-0.3, -0.25) is 0 Å². The van der Waals surface area contributed by atoms with E-state index < -0.39 is 0 Å². The summed E-state index contributed by atoms with van der Waals surface area (Å²) in [5.74, 6) is 0.